The second-order valence-electron chi connectivity index (χ2n) is 4.41. The zero-order chi connectivity index (χ0) is 12.6. The van der Waals surface area contributed by atoms with Gasteiger partial charge in [0.2, 0.25) is 10.0 Å². The number of hydrogen-bond acceptors (Lipinski definition) is 4. The number of likely N-dealkylation sites (N-methyl/N-ethyl adjacent to an activating group) is 1. The van der Waals surface area contributed by atoms with E-state index in [1.807, 2.05) is 20.9 Å². The Morgan fingerprint density at radius 1 is 1.47 bits per heavy atom. The lowest BCUT2D eigenvalue weighted by Crippen LogP contribution is -2.33. The number of aryl methyl sites for hydroxylation is 2. The first-order chi connectivity index (χ1) is 7.95. The predicted octanol–water partition coefficient (Wildman–Crippen LogP) is 1.35. The minimum Gasteiger partial charge on any atom is -0.316 e. The van der Waals surface area contributed by atoms with Crippen molar-refractivity contribution in [3.8, 4) is 0 Å². The third-order valence-corrected chi connectivity index (χ3v) is 6.26. The second kappa shape index (κ2) is 4.68. The molecule has 1 N–H and O–H groups in total. The predicted molar refractivity (Wildman–Crippen MR) is 70.0 cm³/mol. The molecule has 6 heteroatoms. The van der Waals surface area contributed by atoms with E-state index in [0.717, 1.165) is 16.2 Å². The van der Waals surface area contributed by atoms with E-state index < -0.39 is 10.0 Å². The zero-order valence-corrected chi connectivity index (χ0v) is 12.0. The molecule has 0 radical (unpaired) electrons. The molecular formula is C11H18N2O2S2. The van der Waals surface area contributed by atoms with Gasteiger partial charge in [-0.25, -0.2) is 8.42 Å². The van der Waals surface area contributed by atoms with Crippen LogP contribution in [0.3, 0.4) is 0 Å². The Balaban J connectivity index is 2.28. The molecule has 17 heavy (non-hydrogen) atoms. The van der Waals surface area contributed by atoms with Crippen LogP contribution in [0.25, 0.3) is 0 Å². The van der Waals surface area contributed by atoms with Gasteiger partial charge < -0.3 is 5.32 Å². The summed E-state index contributed by atoms with van der Waals surface area (Å²) >= 11 is 1.54. The van der Waals surface area contributed by atoms with Gasteiger partial charge in [-0.15, -0.1) is 11.3 Å². The van der Waals surface area contributed by atoms with Crippen LogP contribution < -0.4 is 5.32 Å². The van der Waals surface area contributed by atoms with Gasteiger partial charge in [0, 0.05) is 28.9 Å². The molecule has 1 aliphatic rings. The maximum absolute atomic E-state index is 12.4. The Morgan fingerprint density at radius 2 is 2.18 bits per heavy atom. The topological polar surface area (TPSA) is 49.4 Å². The highest BCUT2D eigenvalue weighted by molar-refractivity contribution is 7.89. The van der Waals surface area contributed by atoms with Crippen LogP contribution in [0.4, 0.5) is 0 Å². The number of thiophene rings is 1. The van der Waals surface area contributed by atoms with Crippen LogP contribution in [-0.2, 0) is 10.0 Å². The fourth-order valence-electron chi connectivity index (χ4n) is 2.18. The van der Waals surface area contributed by atoms with E-state index >= 15 is 0 Å². The fourth-order valence-corrected chi connectivity index (χ4v) is 5.21. The normalized spacial score (nSPS) is 22.2. The minimum atomic E-state index is -3.29. The van der Waals surface area contributed by atoms with Crippen molar-refractivity contribution < 1.29 is 8.42 Å². The molecule has 1 aromatic heterocycles. The largest absolute Gasteiger partial charge is 0.316 e. The Kier molecular flexibility index (Phi) is 3.58. The van der Waals surface area contributed by atoms with E-state index in [-0.39, 0.29) is 6.04 Å². The van der Waals surface area contributed by atoms with Crippen molar-refractivity contribution in [2.75, 3.05) is 20.1 Å². The summed E-state index contributed by atoms with van der Waals surface area (Å²) in [6, 6.07) is 2.06. The molecule has 2 heterocycles. The van der Waals surface area contributed by atoms with Gasteiger partial charge in [-0.05, 0) is 33.4 Å². The molecule has 1 aromatic rings. The maximum atomic E-state index is 12.4. The van der Waals surface area contributed by atoms with Crippen LogP contribution in [-0.4, -0.2) is 38.9 Å². The SMILES string of the molecule is CNC1CCN(S(=O)(=O)c2cc(C)sc2C)C1. The number of nitrogens with one attached hydrogen (secondary N) is 1. The van der Waals surface area contributed by atoms with Crippen molar-refractivity contribution in [1.29, 1.82) is 0 Å². The molecule has 1 unspecified atom stereocenters. The number of nitrogens with zero attached hydrogens (tertiary/aromatic N) is 1. The summed E-state index contributed by atoms with van der Waals surface area (Å²) in [5.41, 5.74) is 0. The summed E-state index contributed by atoms with van der Waals surface area (Å²) in [7, 11) is -1.41. The van der Waals surface area contributed by atoms with Crippen molar-refractivity contribution >= 4 is 21.4 Å². The van der Waals surface area contributed by atoms with Crippen LogP contribution in [0, 0.1) is 13.8 Å². The van der Waals surface area contributed by atoms with Crippen LogP contribution in [0.5, 0.6) is 0 Å². The third kappa shape index (κ3) is 2.40. The Morgan fingerprint density at radius 3 is 2.65 bits per heavy atom. The molecule has 0 aromatic carbocycles. The van der Waals surface area contributed by atoms with E-state index in [1.54, 1.807) is 10.4 Å². The molecule has 0 aliphatic carbocycles. The van der Waals surface area contributed by atoms with Crippen molar-refractivity contribution in [1.82, 2.24) is 9.62 Å². The van der Waals surface area contributed by atoms with Crippen LogP contribution in [0.15, 0.2) is 11.0 Å². The molecule has 0 amide bonds. The lowest BCUT2D eigenvalue weighted by Gasteiger charge is -2.16. The molecule has 0 bridgehead atoms. The molecular weight excluding hydrogens is 256 g/mol. The van der Waals surface area contributed by atoms with Gasteiger partial charge in [-0.2, -0.15) is 4.31 Å². The highest BCUT2D eigenvalue weighted by Crippen LogP contribution is 2.29. The minimum absolute atomic E-state index is 0.282. The zero-order valence-electron chi connectivity index (χ0n) is 10.4. The summed E-state index contributed by atoms with van der Waals surface area (Å²) in [6.45, 7) is 5.00. The highest BCUT2D eigenvalue weighted by atomic mass is 32.2. The van der Waals surface area contributed by atoms with E-state index in [4.69, 9.17) is 0 Å². The second-order valence-corrected chi connectivity index (χ2v) is 7.78. The molecule has 0 saturated carbocycles. The van der Waals surface area contributed by atoms with Gasteiger partial charge >= 0.3 is 0 Å². The van der Waals surface area contributed by atoms with Crippen molar-refractivity contribution in [2.45, 2.75) is 31.2 Å². The monoisotopic (exact) mass is 274 g/mol. The summed E-state index contributed by atoms with van der Waals surface area (Å²) in [6.07, 6.45) is 0.887. The average molecular weight is 274 g/mol. The van der Waals surface area contributed by atoms with Crippen LogP contribution in [0.2, 0.25) is 0 Å². The van der Waals surface area contributed by atoms with E-state index in [9.17, 15) is 8.42 Å². The van der Waals surface area contributed by atoms with Gasteiger partial charge in [0.25, 0.3) is 0 Å². The summed E-state index contributed by atoms with van der Waals surface area (Å²) in [5, 5.41) is 3.13. The van der Waals surface area contributed by atoms with Crippen molar-refractivity contribution in [2.24, 2.45) is 0 Å². The van der Waals surface area contributed by atoms with Crippen LogP contribution >= 0.6 is 11.3 Å². The maximum Gasteiger partial charge on any atom is 0.244 e. The molecule has 4 nitrogen and oxygen atoms in total. The molecule has 1 fully saturated rings. The fraction of sp³-hybridized carbons (Fsp3) is 0.636. The number of sulfonamides is 1. The number of rotatable bonds is 3. The lowest BCUT2D eigenvalue weighted by atomic mass is 10.3. The third-order valence-electron chi connectivity index (χ3n) is 3.17. The van der Waals surface area contributed by atoms with Gasteiger partial charge in [-0.1, -0.05) is 0 Å². The first-order valence-corrected chi connectivity index (χ1v) is 7.95. The lowest BCUT2D eigenvalue weighted by molar-refractivity contribution is 0.464. The van der Waals surface area contributed by atoms with E-state index in [2.05, 4.69) is 5.32 Å². The first kappa shape index (κ1) is 13.0. The van der Waals surface area contributed by atoms with Crippen molar-refractivity contribution in [3.05, 3.63) is 15.8 Å². The van der Waals surface area contributed by atoms with Crippen molar-refractivity contribution in [3.63, 3.8) is 0 Å². The van der Waals surface area contributed by atoms with Gasteiger partial charge in [0.1, 0.15) is 0 Å². The summed E-state index contributed by atoms with van der Waals surface area (Å²) in [5.74, 6) is 0. The standard InChI is InChI=1S/C11H18N2O2S2/c1-8-6-11(9(2)16-8)17(14,15)13-5-4-10(7-13)12-3/h6,10,12H,4-5,7H2,1-3H3. The quantitative estimate of drug-likeness (QED) is 0.905. The van der Waals surface area contributed by atoms with Crippen LogP contribution in [0.1, 0.15) is 16.2 Å². The summed E-state index contributed by atoms with van der Waals surface area (Å²) < 4.78 is 26.5. The Labute approximate surface area is 107 Å². The molecule has 1 atom stereocenters. The van der Waals surface area contributed by atoms with Gasteiger partial charge in [0.15, 0.2) is 0 Å². The van der Waals surface area contributed by atoms with Gasteiger partial charge in [-0.3, -0.25) is 0 Å². The molecule has 1 saturated heterocycles. The highest BCUT2D eigenvalue weighted by Gasteiger charge is 2.33. The Hall–Kier alpha value is -0.430. The van der Waals surface area contributed by atoms with Gasteiger partial charge in [0.05, 0.1) is 4.90 Å². The molecule has 96 valence electrons. The molecule has 0 spiro atoms. The van der Waals surface area contributed by atoms with E-state index in [0.29, 0.717) is 18.0 Å². The summed E-state index contributed by atoms with van der Waals surface area (Å²) in [4.78, 5) is 2.41. The Bertz CT molecular complexity index is 508. The number of hydrogen-bond donors (Lipinski definition) is 1. The molecule has 1 aliphatic heterocycles. The van der Waals surface area contributed by atoms with E-state index in [1.165, 1.54) is 11.3 Å². The average Bonchev–Trinajstić information content (AvgIpc) is 2.85. The smallest absolute Gasteiger partial charge is 0.244 e. The first-order valence-electron chi connectivity index (χ1n) is 5.69. The molecule has 2 rings (SSSR count).